The van der Waals surface area contributed by atoms with Gasteiger partial charge < -0.3 is 16.2 Å². The number of hydrogen-bond acceptors (Lipinski definition) is 4. The first kappa shape index (κ1) is 19.9. The Balaban J connectivity index is 1.93. The fourth-order valence-corrected chi connectivity index (χ4v) is 3.79. The molecule has 1 aliphatic carbocycles. The molecule has 0 bridgehead atoms. The number of benzene rings is 1. The summed E-state index contributed by atoms with van der Waals surface area (Å²) in [5.41, 5.74) is 7.42. The van der Waals surface area contributed by atoms with E-state index < -0.39 is 0 Å². The van der Waals surface area contributed by atoms with E-state index in [1.54, 1.807) is 0 Å². The smallest absolute Gasteiger partial charge is 0.252 e. The standard InChI is InChI=1S/C20H33N3O2/c1-20(2,3)17-8-10-18(11-9-17)23(14-24)12-15-4-6-16(7-5-15)19(25)22-13-21/h4-7,17-18,24H,8-14,21H2,1-3H3,(H,22,25). The maximum Gasteiger partial charge on any atom is 0.252 e. The van der Waals surface area contributed by atoms with Crippen LogP contribution in [0.15, 0.2) is 24.3 Å². The topological polar surface area (TPSA) is 78.6 Å². The van der Waals surface area contributed by atoms with Gasteiger partial charge in [-0.1, -0.05) is 32.9 Å². The SMILES string of the molecule is CC(C)(C)C1CCC(N(CO)Cc2ccc(C(=O)NCN)cc2)CC1. The van der Waals surface area contributed by atoms with E-state index in [2.05, 4.69) is 31.0 Å². The van der Waals surface area contributed by atoms with Crippen LogP contribution in [0.4, 0.5) is 0 Å². The monoisotopic (exact) mass is 347 g/mol. The van der Waals surface area contributed by atoms with Crippen molar-refractivity contribution in [1.82, 2.24) is 10.2 Å². The Morgan fingerprint density at radius 1 is 1.20 bits per heavy atom. The molecule has 0 aliphatic heterocycles. The van der Waals surface area contributed by atoms with Gasteiger partial charge in [0.15, 0.2) is 0 Å². The van der Waals surface area contributed by atoms with Gasteiger partial charge in [-0.05, 0) is 54.7 Å². The van der Waals surface area contributed by atoms with E-state index in [-0.39, 0.29) is 19.3 Å². The fraction of sp³-hybridized carbons (Fsp3) is 0.650. The molecule has 0 aromatic heterocycles. The number of hydrogen-bond donors (Lipinski definition) is 3. The van der Waals surface area contributed by atoms with Gasteiger partial charge in [0.1, 0.15) is 0 Å². The number of aliphatic hydroxyl groups excluding tert-OH is 1. The van der Waals surface area contributed by atoms with Gasteiger partial charge in [-0.15, -0.1) is 0 Å². The van der Waals surface area contributed by atoms with Gasteiger partial charge >= 0.3 is 0 Å². The molecule has 0 radical (unpaired) electrons. The third kappa shape index (κ3) is 5.53. The minimum absolute atomic E-state index is 0.0697. The molecule has 4 N–H and O–H groups in total. The van der Waals surface area contributed by atoms with Crippen LogP contribution in [-0.2, 0) is 6.54 Å². The summed E-state index contributed by atoms with van der Waals surface area (Å²) < 4.78 is 0. The van der Waals surface area contributed by atoms with Crippen molar-refractivity contribution in [2.75, 3.05) is 13.4 Å². The molecule has 140 valence electrons. The second-order valence-corrected chi connectivity index (χ2v) is 8.17. The molecule has 25 heavy (non-hydrogen) atoms. The van der Waals surface area contributed by atoms with Crippen LogP contribution >= 0.6 is 0 Å². The van der Waals surface area contributed by atoms with E-state index in [1.807, 2.05) is 24.3 Å². The second kappa shape index (κ2) is 8.79. The van der Waals surface area contributed by atoms with Gasteiger partial charge in [-0.2, -0.15) is 0 Å². The molecule has 1 aromatic rings. The first-order chi connectivity index (χ1) is 11.8. The zero-order chi connectivity index (χ0) is 18.4. The Hall–Kier alpha value is -1.43. The quantitative estimate of drug-likeness (QED) is 0.691. The number of nitrogens with zero attached hydrogens (tertiary/aromatic N) is 1. The van der Waals surface area contributed by atoms with Gasteiger partial charge in [0.2, 0.25) is 0 Å². The summed E-state index contributed by atoms with van der Waals surface area (Å²) in [4.78, 5) is 13.9. The molecule has 5 heteroatoms. The minimum atomic E-state index is -0.159. The minimum Gasteiger partial charge on any atom is -0.381 e. The molecule has 1 aliphatic rings. The lowest BCUT2D eigenvalue weighted by Crippen LogP contribution is -2.40. The summed E-state index contributed by atoms with van der Waals surface area (Å²) in [6, 6.07) is 7.96. The number of nitrogens with two attached hydrogens (primary N) is 1. The van der Waals surface area contributed by atoms with Crippen LogP contribution < -0.4 is 11.1 Å². The molecule has 1 fully saturated rings. The summed E-state index contributed by atoms with van der Waals surface area (Å²) >= 11 is 0. The first-order valence-electron chi connectivity index (χ1n) is 9.27. The van der Waals surface area contributed by atoms with Gasteiger partial charge in [0.25, 0.3) is 5.91 Å². The van der Waals surface area contributed by atoms with Gasteiger partial charge in [0, 0.05) is 18.2 Å². The van der Waals surface area contributed by atoms with Crippen molar-refractivity contribution in [2.24, 2.45) is 17.1 Å². The molecule has 0 heterocycles. The average Bonchev–Trinajstić information content (AvgIpc) is 2.60. The maximum absolute atomic E-state index is 11.8. The highest BCUT2D eigenvalue weighted by Crippen LogP contribution is 2.39. The van der Waals surface area contributed by atoms with Crippen LogP contribution in [0.3, 0.4) is 0 Å². The zero-order valence-electron chi connectivity index (χ0n) is 15.8. The van der Waals surface area contributed by atoms with Gasteiger partial charge in [-0.25, -0.2) is 0 Å². The summed E-state index contributed by atoms with van der Waals surface area (Å²) in [5, 5.41) is 12.4. The van der Waals surface area contributed by atoms with Crippen molar-refractivity contribution < 1.29 is 9.90 Å². The molecule has 2 rings (SSSR count). The molecule has 0 saturated heterocycles. The number of carbonyl (C=O) groups excluding carboxylic acids is 1. The van der Waals surface area contributed by atoms with Gasteiger partial charge in [0.05, 0.1) is 13.4 Å². The highest BCUT2D eigenvalue weighted by Gasteiger charge is 2.31. The van der Waals surface area contributed by atoms with E-state index in [1.165, 1.54) is 12.8 Å². The third-order valence-corrected chi connectivity index (χ3v) is 5.48. The van der Waals surface area contributed by atoms with Crippen molar-refractivity contribution >= 4 is 5.91 Å². The molecule has 0 unspecified atom stereocenters. The molecule has 1 aromatic carbocycles. The Morgan fingerprint density at radius 3 is 2.28 bits per heavy atom. The normalized spacial score (nSPS) is 21.4. The van der Waals surface area contributed by atoms with Crippen LogP contribution in [-0.4, -0.2) is 35.4 Å². The van der Waals surface area contributed by atoms with E-state index >= 15 is 0 Å². The Bertz CT molecular complexity index is 543. The molecule has 0 atom stereocenters. The van der Waals surface area contributed by atoms with Crippen LogP contribution in [0.5, 0.6) is 0 Å². The maximum atomic E-state index is 11.8. The van der Waals surface area contributed by atoms with Crippen molar-refractivity contribution in [2.45, 2.75) is 59.0 Å². The lowest BCUT2D eigenvalue weighted by molar-refractivity contribution is 0.0258. The molecule has 1 saturated carbocycles. The van der Waals surface area contributed by atoms with Crippen LogP contribution in [0.2, 0.25) is 0 Å². The average molecular weight is 348 g/mol. The van der Waals surface area contributed by atoms with E-state index in [0.717, 1.165) is 24.3 Å². The van der Waals surface area contributed by atoms with Crippen molar-refractivity contribution in [1.29, 1.82) is 0 Å². The van der Waals surface area contributed by atoms with E-state index in [9.17, 15) is 9.90 Å². The highest BCUT2D eigenvalue weighted by atomic mass is 16.3. The number of carbonyl (C=O) groups is 1. The van der Waals surface area contributed by atoms with E-state index in [0.29, 0.717) is 23.6 Å². The van der Waals surface area contributed by atoms with Crippen LogP contribution in [0.25, 0.3) is 0 Å². The highest BCUT2D eigenvalue weighted by molar-refractivity contribution is 5.94. The fourth-order valence-electron chi connectivity index (χ4n) is 3.79. The van der Waals surface area contributed by atoms with Crippen molar-refractivity contribution in [3.8, 4) is 0 Å². The van der Waals surface area contributed by atoms with Gasteiger partial charge in [-0.3, -0.25) is 9.69 Å². The van der Waals surface area contributed by atoms with Crippen molar-refractivity contribution in [3.05, 3.63) is 35.4 Å². The molecular formula is C20H33N3O2. The van der Waals surface area contributed by atoms with E-state index in [4.69, 9.17) is 5.73 Å². The first-order valence-corrected chi connectivity index (χ1v) is 9.27. The predicted molar refractivity (Wildman–Crippen MR) is 101 cm³/mol. The van der Waals surface area contributed by atoms with Crippen LogP contribution in [0.1, 0.15) is 62.4 Å². The number of amides is 1. The van der Waals surface area contributed by atoms with Crippen LogP contribution in [0, 0.1) is 11.3 Å². The molecule has 1 amide bonds. The lowest BCUT2D eigenvalue weighted by atomic mass is 9.71. The molecule has 5 nitrogen and oxygen atoms in total. The number of rotatable bonds is 6. The largest absolute Gasteiger partial charge is 0.381 e. The Labute approximate surface area is 151 Å². The lowest BCUT2D eigenvalue weighted by Gasteiger charge is -2.40. The Morgan fingerprint density at radius 2 is 1.80 bits per heavy atom. The zero-order valence-corrected chi connectivity index (χ0v) is 15.8. The summed E-state index contributed by atoms with van der Waals surface area (Å²) in [5.74, 6) is 0.609. The number of aliphatic hydroxyl groups is 1. The predicted octanol–water partition coefficient (Wildman–Crippen LogP) is 2.69. The summed E-state index contributed by atoms with van der Waals surface area (Å²) in [7, 11) is 0. The second-order valence-electron chi connectivity index (χ2n) is 8.17. The Kier molecular flexibility index (Phi) is 6.99. The summed E-state index contributed by atoms with van der Waals surface area (Å²) in [6.07, 6.45) is 4.73. The number of nitrogens with one attached hydrogen (secondary N) is 1. The molecular weight excluding hydrogens is 314 g/mol. The van der Waals surface area contributed by atoms with Crippen molar-refractivity contribution in [3.63, 3.8) is 0 Å². The third-order valence-electron chi connectivity index (χ3n) is 5.48. The molecule has 0 spiro atoms. The summed E-state index contributed by atoms with van der Waals surface area (Å²) in [6.45, 7) is 7.88.